The minimum absolute atomic E-state index is 0.102. The van der Waals surface area contributed by atoms with Crippen molar-refractivity contribution in [2.24, 2.45) is 0 Å². The fourth-order valence-electron chi connectivity index (χ4n) is 2.22. The van der Waals surface area contributed by atoms with Crippen LogP contribution in [0.4, 0.5) is 0 Å². The number of methoxy groups -OCH3 is 1. The van der Waals surface area contributed by atoms with Gasteiger partial charge in [0.1, 0.15) is 5.75 Å². The van der Waals surface area contributed by atoms with Gasteiger partial charge >= 0.3 is 0 Å². The third kappa shape index (κ3) is 3.65. The maximum Gasteiger partial charge on any atom is 0.241 e. The molecule has 2 heterocycles. The summed E-state index contributed by atoms with van der Waals surface area (Å²) in [6, 6.07) is 9.71. The van der Waals surface area contributed by atoms with Crippen LogP contribution in [0.3, 0.4) is 0 Å². The zero-order valence-corrected chi connectivity index (χ0v) is 15.8. The van der Waals surface area contributed by atoms with E-state index >= 15 is 0 Å². The second kappa shape index (κ2) is 7.25. The lowest BCUT2D eigenvalue weighted by Crippen LogP contribution is -2.28. The molecule has 0 fully saturated rings. The Hall–Kier alpha value is -1.38. The highest BCUT2D eigenvalue weighted by molar-refractivity contribution is 7.89. The molecule has 0 spiro atoms. The standard InChI is InChI=1S/C16H14ClNO3S3/c1-21-14-5-4-12(9-13(14)17)24(19,20)18-16(11-6-8-22-10-11)15-3-2-7-23-15/h2-10,16,18H,1H3/t16-/m1/s1. The van der Waals surface area contributed by atoms with Crippen LogP contribution in [0, 0.1) is 0 Å². The number of hydrogen-bond donors (Lipinski definition) is 1. The molecule has 2 aromatic heterocycles. The normalized spacial score (nSPS) is 12.9. The molecule has 4 nitrogen and oxygen atoms in total. The van der Waals surface area contributed by atoms with Crippen LogP contribution in [0.5, 0.6) is 5.75 Å². The Balaban J connectivity index is 1.95. The zero-order valence-electron chi connectivity index (χ0n) is 12.6. The lowest BCUT2D eigenvalue weighted by atomic mass is 10.1. The Morgan fingerprint density at radius 3 is 2.62 bits per heavy atom. The number of sulfonamides is 1. The van der Waals surface area contributed by atoms with Gasteiger partial charge in [-0.1, -0.05) is 17.7 Å². The van der Waals surface area contributed by atoms with Crippen LogP contribution < -0.4 is 9.46 Å². The van der Waals surface area contributed by atoms with Crippen LogP contribution in [0.15, 0.2) is 57.4 Å². The van der Waals surface area contributed by atoms with E-state index in [2.05, 4.69) is 4.72 Å². The first kappa shape index (κ1) is 17.4. The van der Waals surface area contributed by atoms with E-state index in [1.165, 1.54) is 41.9 Å². The summed E-state index contributed by atoms with van der Waals surface area (Å²) in [5.41, 5.74) is 0.908. The van der Waals surface area contributed by atoms with Crippen molar-refractivity contribution in [1.29, 1.82) is 0 Å². The van der Waals surface area contributed by atoms with Gasteiger partial charge in [-0.05, 0) is 52.0 Å². The first-order chi connectivity index (χ1) is 11.5. The topological polar surface area (TPSA) is 55.4 Å². The summed E-state index contributed by atoms with van der Waals surface area (Å²) in [7, 11) is -2.25. The molecule has 24 heavy (non-hydrogen) atoms. The van der Waals surface area contributed by atoms with Gasteiger partial charge in [-0.15, -0.1) is 11.3 Å². The number of nitrogens with one attached hydrogen (secondary N) is 1. The van der Waals surface area contributed by atoms with E-state index in [1.54, 1.807) is 6.07 Å². The minimum Gasteiger partial charge on any atom is -0.495 e. The summed E-state index contributed by atoms with van der Waals surface area (Å²) in [6.07, 6.45) is 0. The molecule has 0 amide bonds. The molecule has 3 aromatic rings. The van der Waals surface area contributed by atoms with Crippen molar-refractivity contribution in [3.05, 3.63) is 68.0 Å². The number of ether oxygens (including phenoxy) is 1. The van der Waals surface area contributed by atoms with Crippen molar-refractivity contribution >= 4 is 44.3 Å². The Morgan fingerprint density at radius 1 is 1.21 bits per heavy atom. The van der Waals surface area contributed by atoms with Crippen LogP contribution in [0.2, 0.25) is 5.02 Å². The number of halogens is 1. The fraction of sp³-hybridized carbons (Fsp3) is 0.125. The van der Waals surface area contributed by atoms with Crippen molar-refractivity contribution < 1.29 is 13.2 Å². The largest absolute Gasteiger partial charge is 0.495 e. The minimum atomic E-state index is -3.74. The van der Waals surface area contributed by atoms with E-state index in [-0.39, 0.29) is 9.92 Å². The van der Waals surface area contributed by atoms with Gasteiger partial charge in [0.05, 0.1) is 23.1 Å². The average Bonchev–Trinajstić information content (AvgIpc) is 3.26. The summed E-state index contributed by atoms with van der Waals surface area (Å²) in [5, 5.41) is 6.04. The van der Waals surface area contributed by atoms with Gasteiger partial charge in [-0.2, -0.15) is 16.1 Å². The molecule has 0 aliphatic heterocycles. The number of rotatable bonds is 6. The Morgan fingerprint density at radius 2 is 2.04 bits per heavy atom. The second-order valence-corrected chi connectivity index (χ2v) is 8.80. The maximum atomic E-state index is 12.8. The molecule has 0 bridgehead atoms. The maximum absolute atomic E-state index is 12.8. The van der Waals surface area contributed by atoms with Crippen molar-refractivity contribution in [3.8, 4) is 5.75 Å². The van der Waals surface area contributed by atoms with Gasteiger partial charge in [0.2, 0.25) is 10.0 Å². The summed E-state index contributed by atoms with van der Waals surface area (Å²) in [6.45, 7) is 0. The van der Waals surface area contributed by atoms with Crippen molar-refractivity contribution in [2.45, 2.75) is 10.9 Å². The highest BCUT2D eigenvalue weighted by Gasteiger charge is 2.24. The number of hydrogen-bond acceptors (Lipinski definition) is 5. The first-order valence-electron chi connectivity index (χ1n) is 6.92. The summed E-state index contributed by atoms with van der Waals surface area (Å²) in [5.74, 6) is 0.434. The first-order valence-corrected chi connectivity index (χ1v) is 10.6. The average molecular weight is 400 g/mol. The predicted octanol–water partition coefficient (Wildman–Crippen LogP) is 4.54. The number of benzene rings is 1. The third-order valence-corrected chi connectivity index (χ3v) is 6.77. The molecule has 1 aromatic carbocycles. The molecule has 0 unspecified atom stereocenters. The van der Waals surface area contributed by atoms with E-state index in [0.29, 0.717) is 5.75 Å². The lowest BCUT2D eigenvalue weighted by Gasteiger charge is -2.17. The SMILES string of the molecule is COc1ccc(S(=O)(=O)N[C@H](c2ccsc2)c2cccs2)cc1Cl. The van der Waals surface area contributed by atoms with Gasteiger partial charge < -0.3 is 4.74 Å². The van der Waals surface area contributed by atoms with E-state index < -0.39 is 16.1 Å². The molecular weight excluding hydrogens is 386 g/mol. The molecule has 0 saturated heterocycles. The van der Waals surface area contributed by atoms with Crippen molar-refractivity contribution in [3.63, 3.8) is 0 Å². The Kier molecular flexibility index (Phi) is 5.27. The van der Waals surface area contributed by atoms with Crippen molar-refractivity contribution in [1.82, 2.24) is 4.72 Å². The molecule has 126 valence electrons. The molecule has 0 aliphatic carbocycles. The molecule has 1 atom stereocenters. The van der Waals surface area contributed by atoms with Gasteiger partial charge in [-0.3, -0.25) is 0 Å². The monoisotopic (exact) mass is 399 g/mol. The summed E-state index contributed by atoms with van der Waals surface area (Å²) in [4.78, 5) is 1.03. The molecule has 8 heteroatoms. The van der Waals surface area contributed by atoms with Gasteiger partial charge in [-0.25, -0.2) is 8.42 Å². The van der Waals surface area contributed by atoms with Gasteiger partial charge in [0.15, 0.2) is 0 Å². The quantitative estimate of drug-likeness (QED) is 0.662. The highest BCUT2D eigenvalue weighted by Crippen LogP contribution is 2.31. The molecule has 0 saturated carbocycles. The second-order valence-electron chi connectivity index (χ2n) is 4.92. The van der Waals surface area contributed by atoms with Gasteiger partial charge in [0.25, 0.3) is 0 Å². The molecule has 3 rings (SSSR count). The number of thiophene rings is 2. The third-order valence-electron chi connectivity index (χ3n) is 3.41. The van der Waals surface area contributed by atoms with E-state index in [0.717, 1.165) is 10.4 Å². The van der Waals surface area contributed by atoms with Gasteiger partial charge in [0, 0.05) is 4.88 Å². The molecule has 1 N–H and O–H groups in total. The van der Waals surface area contributed by atoms with Crippen LogP contribution in [0.1, 0.15) is 16.5 Å². The highest BCUT2D eigenvalue weighted by atomic mass is 35.5. The van der Waals surface area contributed by atoms with E-state index in [9.17, 15) is 8.42 Å². The predicted molar refractivity (Wildman–Crippen MR) is 98.8 cm³/mol. The Labute approximate surface area is 153 Å². The van der Waals surface area contributed by atoms with Crippen LogP contribution >= 0.6 is 34.3 Å². The van der Waals surface area contributed by atoms with Crippen LogP contribution in [0.25, 0.3) is 0 Å². The zero-order chi connectivity index (χ0) is 17.2. The van der Waals surface area contributed by atoms with Crippen LogP contribution in [-0.4, -0.2) is 15.5 Å². The van der Waals surface area contributed by atoms with Crippen LogP contribution in [-0.2, 0) is 10.0 Å². The van der Waals surface area contributed by atoms with E-state index in [4.69, 9.17) is 16.3 Å². The van der Waals surface area contributed by atoms with E-state index in [1.807, 2.05) is 34.3 Å². The molecule has 0 aliphatic rings. The smallest absolute Gasteiger partial charge is 0.241 e. The molecule has 0 radical (unpaired) electrons. The summed E-state index contributed by atoms with van der Waals surface area (Å²) < 4.78 is 33.4. The lowest BCUT2D eigenvalue weighted by molar-refractivity contribution is 0.414. The van der Waals surface area contributed by atoms with Crippen molar-refractivity contribution in [2.75, 3.05) is 7.11 Å². The Bertz CT molecular complexity index is 872. The summed E-state index contributed by atoms with van der Waals surface area (Å²) >= 11 is 9.09. The molecular formula is C16H14ClNO3S3. The fourth-order valence-corrected chi connectivity index (χ4v) is 5.34.